The fourth-order valence-electron chi connectivity index (χ4n) is 2.62. The quantitative estimate of drug-likeness (QED) is 0.182. The third-order valence-electron chi connectivity index (χ3n) is 4.15. The zero-order valence-corrected chi connectivity index (χ0v) is 16.6. The normalized spacial score (nSPS) is 10.5. The van der Waals surface area contributed by atoms with Gasteiger partial charge in [-0.1, -0.05) is 12.1 Å². The van der Waals surface area contributed by atoms with Gasteiger partial charge in [0.1, 0.15) is 0 Å². The monoisotopic (exact) mass is 436 g/mol. The fraction of sp³-hybridized carbons (Fsp3) is 0.0476. The molecule has 11 heteroatoms. The second-order valence-corrected chi connectivity index (χ2v) is 6.28. The molecule has 0 aromatic heterocycles. The predicted molar refractivity (Wildman–Crippen MR) is 115 cm³/mol. The number of nitrogens with one attached hydrogen (secondary N) is 1. The Morgan fingerprint density at radius 3 is 2.31 bits per heavy atom. The molecular weight excluding hydrogens is 420 g/mol. The predicted octanol–water partition coefficient (Wildman–Crippen LogP) is 4.18. The number of hydrogen-bond acceptors (Lipinski definition) is 9. The molecule has 0 saturated heterocycles. The van der Waals surface area contributed by atoms with Gasteiger partial charge in [0.05, 0.1) is 34.4 Å². The van der Waals surface area contributed by atoms with Gasteiger partial charge in [-0.05, 0) is 35.9 Å². The highest BCUT2D eigenvalue weighted by molar-refractivity contribution is 5.92. The number of carbonyl (C=O) groups is 1. The van der Waals surface area contributed by atoms with E-state index in [-0.39, 0.29) is 28.4 Å². The van der Waals surface area contributed by atoms with Crippen LogP contribution in [0.4, 0.5) is 17.1 Å². The molecule has 0 atom stereocenters. The van der Waals surface area contributed by atoms with Crippen molar-refractivity contribution in [1.29, 1.82) is 0 Å². The third kappa shape index (κ3) is 5.42. The molecule has 0 unspecified atom stereocenters. The number of nitro groups is 2. The van der Waals surface area contributed by atoms with E-state index in [0.717, 1.165) is 6.07 Å². The first-order chi connectivity index (χ1) is 15.4. The molecule has 0 spiro atoms. The molecule has 32 heavy (non-hydrogen) atoms. The lowest BCUT2D eigenvalue weighted by atomic mass is 10.2. The minimum Gasteiger partial charge on any atom is -0.493 e. The van der Waals surface area contributed by atoms with Gasteiger partial charge in [-0.15, -0.1) is 0 Å². The zero-order valence-electron chi connectivity index (χ0n) is 16.6. The fourth-order valence-corrected chi connectivity index (χ4v) is 2.62. The maximum absolute atomic E-state index is 12.4. The van der Waals surface area contributed by atoms with E-state index in [9.17, 15) is 25.0 Å². The second-order valence-electron chi connectivity index (χ2n) is 6.28. The van der Waals surface area contributed by atoms with E-state index >= 15 is 0 Å². The summed E-state index contributed by atoms with van der Waals surface area (Å²) >= 11 is 0. The Labute approximate surface area is 181 Å². The summed E-state index contributed by atoms with van der Waals surface area (Å²) in [5.74, 6) is -0.420. The summed E-state index contributed by atoms with van der Waals surface area (Å²) in [6.07, 6.45) is 1.45. The van der Waals surface area contributed by atoms with E-state index in [1.165, 1.54) is 55.8 Å². The van der Waals surface area contributed by atoms with Crippen LogP contribution in [0.2, 0.25) is 0 Å². The number of hydrazone groups is 1. The Balaban J connectivity index is 1.71. The molecular formula is C21H16N4O7. The average Bonchev–Trinajstić information content (AvgIpc) is 2.80. The van der Waals surface area contributed by atoms with Crippen molar-refractivity contribution in [3.05, 3.63) is 98.1 Å². The van der Waals surface area contributed by atoms with E-state index in [1.54, 1.807) is 18.2 Å². The zero-order chi connectivity index (χ0) is 23.1. The standard InChI is InChI=1S/C21H16N4O7/c1-31-20-10-14(13-22-23-16-5-3-7-18(12-16)25(29)30)8-9-19(20)32-21(26)15-4-2-6-17(11-15)24(27)28/h2-13,23H,1H3. The van der Waals surface area contributed by atoms with Gasteiger partial charge in [-0.25, -0.2) is 4.79 Å². The third-order valence-corrected chi connectivity index (χ3v) is 4.15. The van der Waals surface area contributed by atoms with Crippen molar-refractivity contribution >= 4 is 29.2 Å². The molecule has 11 nitrogen and oxygen atoms in total. The molecule has 0 saturated carbocycles. The van der Waals surface area contributed by atoms with E-state index in [1.807, 2.05) is 0 Å². The highest BCUT2D eigenvalue weighted by Gasteiger charge is 2.16. The molecule has 0 heterocycles. The van der Waals surface area contributed by atoms with Gasteiger partial charge in [0.15, 0.2) is 11.5 Å². The number of ether oxygens (including phenoxy) is 2. The lowest BCUT2D eigenvalue weighted by Gasteiger charge is -2.10. The van der Waals surface area contributed by atoms with Gasteiger partial charge in [-0.3, -0.25) is 25.7 Å². The molecule has 3 aromatic rings. The number of nitro benzene ring substituents is 2. The van der Waals surface area contributed by atoms with Gasteiger partial charge >= 0.3 is 5.97 Å². The highest BCUT2D eigenvalue weighted by Crippen LogP contribution is 2.29. The number of methoxy groups -OCH3 is 1. The summed E-state index contributed by atoms with van der Waals surface area (Å²) in [5.41, 5.74) is 3.45. The van der Waals surface area contributed by atoms with Crippen LogP contribution >= 0.6 is 0 Å². The number of rotatable bonds is 8. The summed E-state index contributed by atoms with van der Waals surface area (Å²) in [4.78, 5) is 33.0. The lowest BCUT2D eigenvalue weighted by molar-refractivity contribution is -0.385. The molecule has 0 aliphatic carbocycles. The van der Waals surface area contributed by atoms with Crippen molar-refractivity contribution in [2.45, 2.75) is 0 Å². The van der Waals surface area contributed by atoms with Crippen LogP contribution in [0.25, 0.3) is 0 Å². The molecule has 0 aliphatic heterocycles. The smallest absolute Gasteiger partial charge is 0.343 e. The first kappa shape index (κ1) is 21.9. The van der Waals surface area contributed by atoms with Gasteiger partial charge in [0.2, 0.25) is 0 Å². The van der Waals surface area contributed by atoms with Crippen molar-refractivity contribution in [3.63, 3.8) is 0 Å². The Bertz CT molecular complexity index is 1210. The average molecular weight is 436 g/mol. The van der Waals surface area contributed by atoms with Gasteiger partial charge in [-0.2, -0.15) is 5.10 Å². The van der Waals surface area contributed by atoms with Gasteiger partial charge in [0, 0.05) is 24.3 Å². The van der Waals surface area contributed by atoms with Gasteiger partial charge < -0.3 is 9.47 Å². The summed E-state index contributed by atoms with van der Waals surface area (Å²) < 4.78 is 10.6. The first-order valence-corrected chi connectivity index (χ1v) is 9.05. The Kier molecular flexibility index (Phi) is 6.71. The van der Waals surface area contributed by atoms with Crippen molar-refractivity contribution < 1.29 is 24.1 Å². The van der Waals surface area contributed by atoms with E-state index < -0.39 is 15.8 Å². The minimum atomic E-state index is -0.777. The molecule has 0 bridgehead atoms. The van der Waals surface area contributed by atoms with Crippen molar-refractivity contribution in [3.8, 4) is 11.5 Å². The van der Waals surface area contributed by atoms with Crippen molar-refractivity contribution in [1.82, 2.24) is 0 Å². The molecule has 3 rings (SSSR count). The van der Waals surface area contributed by atoms with Gasteiger partial charge in [0.25, 0.3) is 11.4 Å². The Morgan fingerprint density at radius 1 is 0.938 bits per heavy atom. The molecule has 162 valence electrons. The highest BCUT2D eigenvalue weighted by atomic mass is 16.6. The van der Waals surface area contributed by atoms with Crippen LogP contribution in [-0.4, -0.2) is 29.1 Å². The van der Waals surface area contributed by atoms with Crippen LogP contribution in [0.5, 0.6) is 11.5 Å². The summed E-state index contributed by atoms with van der Waals surface area (Å²) in [5, 5.41) is 25.7. The number of hydrogen-bond donors (Lipinski definition) is 1. The number of anilines is 1. The molecule has 0 fully saturated rings. The van der Waals surface area contributed by atoms with Crippen LogP contribution < -0.4 is 14.9 Å². The topological polar surface area (TPSA) is 146 Å². The SMILES string of the molecule is COc1cc(C=NNc2cccc([N+](=O)[O-])c2)ccc1OC(=O)c1cccc([N+](=O)[O-])c1. The minimum absolute atomic E-state index is 0.0213. The van der Waals surface area contributed by atoms with Crippen LogP contribution in [0.1, 0.15) is 15.9 Å². The second kappa shape index (κ2) is 9.80. The largest absolute Gasteiger partial charge is 0.493 e. The summed E-state index contributed by atoms with van der Waals surface area (Å²) in [6.45, 7) is 0. The van der Waals surface area contributed by atoms with Crippen molar-refractivity contribution in [2.24, 2.45) is 5.10 Å². The van der Waals surface area contributed by atoms with E-state index in [2.05, 4.69) is 10.5 Å². The van der Waals surface area contributed by atoms with Crippen LogP contribution in [0.15, 0.2) is 71.8 Å². The Hall–Kier alpha value is -4.80. The number of esters is 1. The summed E-state index contributed by atoms with van der Waals surface area (Å²) in [6, 6.07) is 15.7. The lowest BCUT2D eigenvalue weighted by Crippen LogP contribution is -2.09. The van der Waals surface area contributed by atoms with Crippen LogP contribution in [0.3, 0.4) is 0 Å². The van der Waals surface area contributed by atoms with Crippen LogP contribution in [0, 0.1) is 20.2 Å². The molecule has 0 amide bonds. The van der Waals surface area contributed by atoms with E-state index in [4.69, 9.17) is 9.47 Å². The molecule has 0 radical (unpaired) electrons. The number of non-ortho nitro benzene ring substituents is 2. The maximum Gasteiger partial charge on any atom is 0.343 e. The first-order valence-electron chi connectivity index (χ1n) is 9.05. The molecule has 0 aliphatic rings. The maximum atomic E-state index is 12.4. The van der Waals surface area contributed by atoms with Crippen LogP contribution in [-0.2, 0) is 0 Å². The number of nitrogens with zero attached hydrogens (tertiary/aromatic N) is 3. The number of carbonyl (C=O) groups excluding carboxylic acids is 1. The summed E-state index contributed by atoms with van der Waals surface area (Å²) in [7, 11) is 1.39. The Morgan fingerprint density at radius 2 is 1.62 bits per heavy atom. The molecule has 1 N–H and O–H groups in total. The van der Waals surface area contributed by atoms with E-state index in [0.29, 0.717) is 11.3 Å². The molecule has 3 aromatic carbocycles. The number of benzene rings is 3. The van der Waals surface area contributed by atoms with Crippen molar-refractivity contribution in [2.75, 3.05) is 12.5 Å².